The minimum absolute atomic E-state index is 0.587. The first-order valence-corrected chi connectivity index (χ1v) is 20.3. The van der Waals surface area contributed by atoms with Crippen molar-refractivity contribution < 1.29 is 4.42 Å². The summed E-state index contributed by atoms with van der Waals surface area (Å²) in [6, 6.07) is 68.6. The summed E-state index contributed by atoms with van der Waals surface area (Å²) in [4.78, 5) is 15.3. The van der Waals surface area contributed by atoms with Gasteiger partial charge in [0.25, 0.3) is 0 Å². The second-order valence-corrected chi connectivity index (χ2v) is 15.6. The van der Waals surface area contributed by atoms with Crippen LogP contribution in [0.3, 0.4) is 0 Å². The molecule has 3 aromatic heterocycles. The number of furan rings is 1. The highest BCUT2D eigenvalue weighted by Crippen LogP contribution is 2.44. The van der Waals surface area contributed by atoms with Crippen molar-refractivity contribution in [2.75, 3.05) is 0 Å². The van der Waals surface area contributed by atoms with Crippen LogP contribution in [0.5, 0.6) is 0 Å². The molecular formula is C55H32N4O. The molecule has 0 spiro atoms. The van der Waals surface area contributed by atoms with Crippen molar-refractivity contribution in [3.63, 3.8) is 0 Å². The van der Waals surface area contributed by atoms with Crippen molar-refractivity contribution in [3.05, 3.63) is 194 Å². The molecule has 0 aliphatic heterocycles. The van der Waals surface area contributed by atoms with Gasteiger partial charge in [-0.2, -0.15) is 0 Å². The third-order valence-corrected chi connectivity index (χ3v) is 12.2. The zero-order valence-electron chi connectivity index (χ0n) is 32.2. The molecule has 13 aromatic rings. The third kappa shape index (κ3) is 4.90. The van der Waals surface area contributed by atoms with Crippen LogP contribution in [0.2, 0.25) is 0 Å². The van der Waals surface area contributed by atoms with Crippen LogP contribution < -0.4 is 0 Å². The van der Waals surface area contributed by atoms with Gasteiger partial charge in [0.15, 0.2) is 17.5 Å². The molecule has 0 radical (unpaired) electrons. The van der Waals surface area contributed by atoms with Crippen LogP contribution in [0.4, 0.5) is 0 Å². The van der Waals surface area contributed by atoms with Crippen molar-refractivity contribution in [2.24, 2.45) is 0 Å². The van der Waals surface area contributed by atoms with Crippen LogP contribution in [-0.2, 0) is 0 Å². The van der Waals surface area contributed by atoms with E-state index in [1.54, 1.807) is 0 Å². The first kappa shape index (κ1) is 32.9. The summed E-state index contributed by atoms with van der Waals surface area (Å²) >= 11 is 0. The second-order valence-electron chi connectivity index (χ2n) is 15.6. The lowest BCUT2D eigenvalue weighted by Crippen LogP contribution is -2.00. The maximum atomic E-state index is 6.90. The topological polar surface area (TPSA) is 56.7 Å². The summed E-state index contributed by atoms with van der Waals surface area (Å²) < 4.78 is 9.36. The predicted octanol–water partition coefficient (Wildman–Crippen LogP) is 14.5. The molecule has 0 unspecified atom stereocenters. The Morgan fingerprint density at radius 1 is 0.350 bits per heavy atom. The summed E-state index contributed by atoms with van der Waals surface area (Å²) in [5, 5.41) is 13.9. The summed E-state index contributed by atoms with van der Waals surface area (Å²) in [7, 11) is 0. The van der Waals surface area contributed by atoms with Crippen LogP contribution in [0.25, 0.3) is 127 Å². The van der Waals surface area contributed by atoms with Crippen molar-refractivity contribution in [1.29, 1.82) is 0 Å². The SMILES string of the molecule is c1ccc(-c2nc(-c3ccc4c(c3)oc3c5ccccc5c(-n5c6cc7ccccc7cc6c6c7ccccc7ccc65)cc43)nc(-c3cccc4ccccc34)n2)cc1. The van der Waals surface area contributed by atoms with Gasteiger partial charge in [-0.1, -0.05) is 158 Å². The number of aromatic nitrogens is 4. The minimum Gasteiger partial charge on any atom is -0.455 e. The molecule has 60 heavy (non-hydrogen) atoms. The highest BCUT2D eigenvalue weighted by atomic mass is 16.3. The van der Waals surface area contributed by atoms with Crippen LogP contribution >= 0.6 is 0 Å². The van der Waals surface area contributed by atoms with Gasteiger partial charge in [0.2, 0.25) is 0 Å². The van der Waals surface area contributed by atoms with Gasteiger partial charge in [0, 0.05) is 49.0 Å². The highest BCUT2D eigenvalue weighted by Gasteiger charge is 2.22. The van der Waals surface area contributed by atoms with Crippen molar-refractivity contribution in [3.8, 4) is 39.9 Å². The minimum atomic E-state index is 0.587. The zero-order chi connectivity index (χ0) is 39.3. The fourth-order valence-corrected chi connectivity index (χ4v) is 9.40. The molecule has 13 rings (SSSR count). The largest absolute Gasteiger partial charge is 0.455 e. The van der Waals surface area contributed by atoms with Gasteiger partial charge >= 0.3 is 0 Å². The van der Waals surface area contributed by atoms with E-state index in [2.05, 4.69) is 168 Å². The number of fused-ring (bicyclic) bond motifs is 12. The number of rotatable bonds is 4. The van der Waals surface area contributed by atoms with Crippen LogP contribution in [0, 0.1) is 0 Å². The maximum absolute atomic E-state index is 6.90. The predicted molar refractivity (Wildman–Crippen MR) is 248 cm³/mol. The molecule has 0 bridgehead atoms. The van der Waals surface area contributed by atoms with Gasteiger partial charge in [-0.15, -0.1) is 0 Å². The van der Waals surface area contributed by atoms with Crippen LogP contribution in [0.15, 0.2) is 199 Å². The molecule has 0 aliphatic carbocycles. The Morgan fingerprint density at radius 2 is 0.983 bits per heavy atom. The fraction of sp³-hybridized carbons (Fsp3) is 0. The molecule has 0 amide bonds. The van der Waals surface area contributed by atoms with E-state index in [1.165, 1.54) is 43.4 Å². The normalized spacial score (nSPS) is 12.0. The number of hydrogen-bond donors (Lipinski definition) is 0. The molecule has 5 heteroatoms. The number of benzene rings is 10. The Balaban J connectivity index is 1.05. The number of nitrogens with zero attached hydrogens (tertiary/aromatic N) is 4. The molecule has 0 N–H and O–H groups in total. The Morgan fingerprint density at radius 3 is 1.80 bits per heavy atom. The van der Waals surface area contributed by atoms with E-state index < -0.39 is 0 Å². The van der Waals surface area contributed by atoms with E-state index in [0.29, 0.717) is 17.5 Å². The summed E-state index contributed by atoms with van der Waals surface area (Å²) in [5.74, 6) is 1.84. The molecular weight excluding hydrogens is 733 g/mol. The van der Waals surface area contributed by atoms with Crippen LogP contribution in [-0.4, -0.2) is 19.5 Å². The Kier molecular flexibility index (Phi) is 6.95. The van der Waals surface area contributed by atoms with E-state index in [0.717, 1.165) is 65.9 Å². The molecule has 0 atom stereocenters. The third-order valence-electron chi connectivity index (χ3n) is 12.2. The number of hydrogen-bond acceptors (Lipinski definition) is 4. The van der Waals surface area contributed by atoms with E-state index in [-0.39, 0.29) is 0 Å². The second kappa shape index (κ2) is 12.7. The quantitative estimate of drug-likeness (QED) is 0.179. The fourth-order valence-electron chi connectivity index (χ4n) is 9.40. The standard InChI is InChI=1S/C55H32N4O/c1-2-15-35(16-3-1)53-56-54(58-55(57-53)44-24-12-19-33-13-6-8-20-39(33)44)38-25-27-42-45-32-49(41-22-10-11-23-43(41)52(45)60-50(42)31-38)59-47-28-26-34-14-7-9-21-40(34)51(47)46-29-36-17-4-5-18-37(36)30-48(46)59/h1-32H. The lowest BCUT2D eigenvalue weighted by molar-refractivity contribution is 0.672. The Labute approximate surface area is 343 Å². The molecule has 3 heterocycles. The average molecular weight is 765 g/mol. The zero-order valence-corrected chi connectivity index (χ0v) is 32.2. The van der Waals surface area contributed by atoms with E-state index in [4.69, 9.17) is 19.4 Å². The molecule has 0 saturated carbocycles. The molecule has 278 valence electrons. The monoisotopic (exact) mass is 764 g/mol. The van der Waals surface area contributed by atoms with Gasteiger partial charge in [-0.3, -0.25) is 0 Å². The van der Waals surface area contributed by atoms with Crippen molar-refractivity contribution in [1.82, 2.24) is 19.5 Å². The lowest BCUT2D eigenvalue weighted by atomic mass is 10.0. The van der Waals surface area contributed by atoms with Gasteiger partial charge in [0.1, 0.15) is 11.2 Å². The molecule has 5 nitrogen and oxygen atoms in total. The average Bonchev–Trinajstić information content (AvgIpc) is 3.85. The maximum Gasteiger partial charge on any atom is 0.164 e. The Hall–Kier alpha value is -8.15. The van der Waals surface area contributed by atoms with E-state index in [1.807, 2.05) is 30.3 Å². The molecule has 0 aliphatic rings. The summed E-state index contributed by atoms with van der Waals surface area (Å²) in [5.41, 5.74) is 7.83. The molecule has 10 aromatic carbocycles. The first-order valence-electron chi connectivity index (χ1n) is 20.3. The first-order chi connectivity index (χ1) is 29.7. The van der Waals surface area contributed by atoms with Gasteiger partial charge < -0.3 is 8.98 Å². The van der Waals surface area contributed by atoms with Crippen molar-refractivity contribution in [2.45, 2.75) is 0 Å². The molecule has 0 saturated heterocycles. The van der Waals surface area contributed by atoms with Gasteiger partial charge in [-0.25, -0.2) is 15.0 Å². The highest BCUT2D eigenvalue weighted by molar-refractivity contribution is 6.25. The van der Waals surface area contributed by atoms with Crippen LogP contribution in [0.1, 0.15) is 0 Å². The van der Waals surface area contributed by atoms with Crippen molar-refractivity contribution >= 4 is 86.8 Å². The van der Waals surface area contributed by atoms with E-state index in [9.17, 15) is 0 Å². The van der Waals surface area contributed by atoms with Gasteiger partial charge in [0.05, 0.1) is 16.7 Å². The smallest absolute Gasteiger partial charge is 0.164 e. The Bertz CT molecular complexity index is 3890. The summed E-state index contributed by atoms with van der Waals surface area (Å²) in [6.07, 6.45) is 0. The lowest BCUT2D eigenvalue weighted by Gasteiger charge is -2.13. The molecule has 0 fully saturated rings. The van der Waals surface area contributed by atoms with E-state index >= 15 is 0 Å². The van der Waals surface area contributed by atoms with Gasteiger partial charge in [-0.05, 0) is 68.7 Å². The summed E-state index contributed by atoms with van der Waals surface area (Å²) in [6.45, 7) is 0.